The molecule has 2 fully saturated rings. The number of nitriles is 1. The molecule has 162 valence electrons. The summed E-state index contributed by atoms with van der Waals surface area (Å²) in [6.07, 6.45) is 3.22. The molecule has 2 amide bonds. The zero-order valence-corrected chi connectivity index (χ0v) is 17.7. The number of pyridine rings is 1. The number of aromatic nitrogens is 1. The Labute approximate surface area is 180 Å². The molecular weight excluding hydrogens is 396 g/mol. The molecule has 2 N–H and O–H groups in total. The normalized spacial score (nSPS) is 22.4. The molecule has 8 nitrogen and oxygen atoms in total. The Morgan fingerprint density at radius 3 is 2.84 bits per heavy atom. The van der Waals surface area contributed by atoms with Crippen LogP contribution in [0.25, 0.3) is 10.8 Å². The van der Waals surface area contributed by atoms with Crippen molar-refractivity contribution in [3.63, 3.8) is 0 Å². The molecule has 3 atom stereocenters. The molecule has 2 heterocycles. The second-order valence-corrected chi connectivity index (χ2v) is 8.60. The van der Waals surface area contributed by atoms with Crippen LogP contribution in [0.1, 0.15) is 43.5 Å². The first-order valence-corrected chi connectivity index (χ1v) is 10.6. The van der Waals surface area contributed by atoms with Crippen LogP contribution in [-0.2, 0) is 4.79 Å². The molecule has 0 spiro atoms. The van der Waals surface area contributed by atoms with E-state index >= 15 is 0 Å². The van der Waals surface area contributed by atoms with Crippen LogP contribution < -0.4 is 15.2 Å². The molecule has 1 saturated heterocycles. The molecule has 0 radical (unpaired) electrons. The highest BCUT2D eigenvalue weighted by Gasteiger charge is 2.43. The molecule has 1 aromatic carbocycles. The van der Waals surface area contributed by atoms with Crippen LogP contribution in [0, 0.1) is 23.2 Å². The lowest BCUT2D eigenvalue weighted by Gasteiger charge is -2.32. The van der Waals surface area contributed by atoms with E-state index < -0.39 is 5.91 Å². The number of hydrogen-bond donors (Lipinski definition) is 1. The number of amides is 2. The van der Waals surface area contributed by atoms with E-state index in [1.165, 1.54) is 0 Å². The maximum atomic E-state index is 12.2. The Morgan fingerprint density at radius 1 is 1.32 bits per heavy atom. The van der Waals surface area contributed by atoms with E-state index in [0.717, 1.165) is 23.6 Å². The zero-order chi connectivity index (χ0) is 22.1. The molecule has 0 unspecified atom stereocenters. The monoisotopic (exact) mass is 422 g/mol. The number of ether oxygens (including phenoxy) is 2. The molecule has 2 bridgehead atoms. The lowest BCUT2D eigenvalue weighted by molar-refractivity contribution is -0.132. The lowest BCUT2D eigenvalue weighted by atomic mass is 9.98. The number of rotatable bonds is 6. The van der Waals surface area contributed by atoms with Gasteiger partial charge in [0.05, 0.1) is 17.7 Å². The smallest absolute Gasteiger partial charge is 0.252 e. The molecule has 1 aliphatic carbocycles. The number of benzene rings is 1. The molecule has 4 rings (SSSR count). The third-order valence-corrected chi connectivity index (χ3v) is 5.96. The molecule has 2 aliphatic rings. The van der Waals surface area contributed by atoms with Crippen LogP contribution in [0.5, 0.6) is 11.6 Å². The van der Waals surface area contributed by atoms with Crippen molar-refractivity contribution < 1.29 is 19.1 Å². The number of nitrogens with zero attached hydrogens (tertiary/aromatic N) is 3. The van der Waals surface area contributed by atoms with Gasteiger partial charge in [0.1, 0.15) is 18.3 Å². The number of carbonyl (C=O) groups is 2. The first kappa shape index (κ1) is 20.9. The van der Waals surface area contributed by atoms with Gasteiger partial charge in [0.25, 0.3) is 5.91 Å². The number of fused-ring (bicyclic) bond motifs is 3. The van der Waals surface area contributed by atoms with Crippen molar-refractivity contribution in [2.24, 2.45) is 17.6 Å². The minimum Gasteiger partial charge on any atom is -0.490 e. The van der Waals surface area contributed by atoms with E-state index in [1.54, 1.807) is 23.2 Å². The molecule has 2 aromatic rings. The van der Waals surface area contributed by atoms with Gasteiger partial charge in [0, 0.05) is 30.6 Å². The third-order valence-electron chi connectivity index (χ3n) is 5.96. The first-order valence-electron chi connectivity index (χ1n) is 10.6. The number of nitrogens with two attached hydrogens (primary N) is 1. The summed E-state index contributed by atoms with van der Waals surface area (Å²) in [5, 5.41) is 10.4. The Bertz CT molecular complexity index is 1060. The van der Waals surface area contributed by atoms with E-state index in [2.05, 4.69) is 4.98 Å². The highest BCUT2D eigenvalue weighted by atomic mass is 16.5. The SMILES string of the molecule is CC(C)Oc1cc2c(O[C@H]3C[C@H]4C[C@H]3CN(C(=O)CC#N)C4)nccc2cc1C(N)=O. The summed E-state index contributed by atoms with van der Waals surface area (Å²) in [6.45, 7) is 5.04. The average Bonchev–Trinajstić information content (AvgIpc) is 3.00. The highest BCUT2D eigenvalue weighted by molar-refractivity contribution is 6.01. The van der Waals surface area contributed by atoms with Crippen molar-refractivity contribution in [1.82, 2.24) is 9.88 Å². The topological polar surface area (TPSA) is 119 Å². The van der Waals surface area contributed by atoms with Crippen LogP contribution in [0.3, 0.4) is 0 Å². The number of hydrogen-bond acceptors (Lipinski definition) is 6. The highest BCUT2D eigenvalue weighted by Crippen LogP contribution is 2.40. The van der Waals surface area contributed by atoms with Gasteiger partial charge in [-0.1, -0.05) is 0 Å². The predicted molar refractivity (Wildman–Crippen MR) is 113 cm³/mol. The van der Waals surface area contributed by atoms with Crippen LogP contribution in [0.4, 0.5) is 0 Å². The summed E-state index contributed by atoms with van der Waals surface area (Å²) in [7, 11) is 0. The van der Waals surface area contributed by atoms with Crippen molar-refractivity contribution in [1.29, 1.82) is 5.26 Å². The minimum absolute atomic E-state index is 0.0618. The Kier molecular flexibility index (Phi) is 5.68. The van der Waals surface area contributed by atoms with Gasteiger partial charge in [0.15, 0.2) is 0 Å². The van der Waals surface area contributed by atoms with E-state index in [-0.39, 0.29) is 30.5 Å². The van der Waals surface area contributed by atoms with Gasteiger partial charge in [0.2, 0.25) is 11.8 Å². The summed E-state index contributed by atoms with van der Waals surface area (Å²) >= 11 is 0. The second kappa shape index (κ2) is 8.42. The fourth-order valence-corrected chi connectivity index (χ4v) is 4.69. The van der Waals surface area contributed by atoms with Gasteiger partial charge in [-0.2, -0.15) is 5.26 Å². The molecule has 8 heteroatoms. The largest absolute Gasteiger partial charge is 0.490 e. The number of carbonyl (C=O) groups excluding carboxylic acids is 2. The predicted octanol–water partition coefficient (Wildman–Crippen LogP) is 2.65. The second-order valence-electron chi connectivity index (χ2n) is 8.60. The summed E-state index contributed by atoms with van der Waals surface area (Å²) in [5.74, 6) is 0.789. The van der Waals surface area contributed by atoms with Crippen LogP contribution in [-0.4, -0.2) is 47.0 Å². The van der Waals surface area contributed by atoms with Crippen molar-refractivity contribution >= 4 is 22.6 Å². The number of primary amides is 1. The van der Waals surface area contributed by atoms with E-state index in [9.17, 15) is 9.59 Å². The molecule has 1 saturated carbocycles. The van der Waals surface area contributed by atoms with E-state index in [4.69, 9.17) is 20.5 Å². The fraction of sp³-hybridized carbons (Fsp3) is 0.478. The molecule has 31 heavy (non-hydrogen) atoms. The summed E-state index contributed by atoms with van der Waals surface area (Å²) in [6, 6.07) is 7.22. The van der Waals surface area contributed by atoms with Crippen LogP contribution >= 0.6 is 0 Å². The Hall–Kier alpha value is -3.34. The quantitative estimate of drug-likeness (QED) is 0.764. The molecular formula is C23H26N4O4. The van der Waals surface area contributed by atoms with Crippen molar-refractivity contribution in [2.45, 2.75) is 45.3 Å². The van der Waals surface area contributed by atoms with Crippen molar-refractivity contribution in [2.75, 3.05) is 13.1 Å². The summed E-state index contributed by atoms with van der Waals surface area (Å²) < 4.78 is 12.2. The number of likely N-dealkylation sites (tertiary alicyclic amines) is 1. The third kappa shape index (κ3) is 4.26. The Morgan fingerprint density at radius 2 is 2.13 bits per heavy atom. The fourth-order valence-electron chi connectivity index (χ4n) is 4.69. The zero-order valence-electron chi connectivity index (χ0n) is 17.7. The first-order chi connectivity index (χ1) is 14.9. The van der Waals surface area contributed by atoms with Gasteiger partial charge in [-0.3, -0.25) is 9.59 Å². The van der Waals surface area contributed by atoms with Gasteiger partial charge < -0.3 is 20.1 Å². The van der Waals surface area contributed by atoms with Crippen LogP contribution in [0.2, 0.25) is 0 Å². The Balaban J connectivity index is 1.61. The summed E-state index contributed by atoms with van der Waals surface area (Å²) in [4.78, 5) is 30.3. The lowest BCUT2D eigenvalue weighted by Crippen LogP contribution is -2.42. The van der Waals surface area contributed by atoms with E-state index in [0.29, 0.717) is 36.2 Å². The standard InChI is InChI=1S/C23H26N4O4/c1-13(2)30-20-10-17-15(9-18(20)22(25)29)4-6-26-23(17)31-19-8-14-7-16(19)12-27(11-14)21(28)3-5-24/h4,6,9-10,13-14,16,19H,3,7-8,11-12H2,1-2H3,(H2,25,29)/t14-,16+,19+/m1/s1. The number of piperidine rings is 1. The van der Waals surface area contributed by atoms with Gasteiger partial charge in [-0.05, 0) is 56.2 Å². The van der Waals surface area contributed by atoms with E-state index in [1.807, 2.05) is 26.0 Å². The van der Waals surface area contributed by atoms with Gasteiger partial charge >= 0.3 is 0 Å². The maximum absolute atomic E-state index is 12.2. The average molecular weight is 422 g/mol. The van der Waals surface area contributed by atoms with Crippen LogP contribution in [0.15, 0.2) is 24.4 Å². The molecule has 1 aliphatic heterocycles. The minimum atomic E-state index is -0.552. The maximum Gasteiger partial charge on any atom is 0.252 e. The summed E-state index contributed by atoms with van der Waals surface area (Å²) in [5.41, 5.74) is 5.87. The van der Waals surface area contributed by atoms with Crippen molar-refractivity contribution in [3.8, 4) is 17.7 Å². The van der Waals surface area contributed by atoms with Gasteiger partial charge in [-0.15, -0.1) is 0 Å². The molecule has 1 aromatic heterocycles. The van der Waals surface area contributed by atoms with Gasteiger partial charge in [-0.25, -0.2) is 4.98 Å². The van der Waals surface area contributed by atoms with Crippen molar-refractivity contribution in [3.05, 3.63) is 30.0 Å².